The fourth-order valence-electron chi connectivity index (χ4n) is 4.20. The third-order valence-corrected chi connectivity index (χ3v) is 5.66. The van der Waals surface area contributed by atoms with Crippen LogP contribution in [-0.2, 0) is 13.1 Å². The predicted octanol–water partition coefficient (Wildman–Crippen LogP) is 1.43. The SMILES string of the molecule is Cc1noc(C)c1CN(C)C(=O)c1ccc2n(c1=O)C[C@@H]1CNC[C@H]2C1. The van der Waals surface area contributed by atoms with Crippen molar-refractivity contribution in [2.75, 3.05) is 20.1 Å². The van der Waals surface area contributed by atoms with Crippen LogP contribution in [0, 0.1) is 19.8 Å². The Hall–Kier alpha value is -2.41. The van der Waals surface area contributed by atoms with Gasteiger partial charge in [-0.05, 0) is 44.9 Å². The van der Waals surface area contributed by atoms with Gasteiger partial charge in [-0.3, -0.25) is 9.59 Å². The van der Waals surface area contributed by atoms with E-state index in [1.54, 1.807) is 18.0 Å². The molecule has 2 atom stereocenters. The number of pyridine rings is 1. The summed E-state index contributed by atoms with van der Waals surface area (Å²) in [5.41, 5.74) is 2.76. The summed E-state index contributed by atoms with van der Waals surface area (Å²) in [7, 11) is 1.70. The fourth-order valence-corrected chi connectivity index (χ4v) is 4.20. The second-order valence-corrected chi connectivity index (χ2v) is 7.51. The summed E-state index contributed by atoms with van der Waals surface area (Å²) in [6, 6.07) is 3.64. The Balaban J connectivity index is 1.63. The number of nitrogens with one attached hydrogen (secondary N) is 1. The normalized spacial score (nSPS) is 21.3. The molecule has 0 aromatic carbocycles. The number of piperidine rings is 1. The van der Waals surface area contributed by atoms with E-state index in [2.05, 4.69) is 10.5 Å². The Morgan fingerprint density at radius 1 is 1.38 bits per heavy atom. The zero-order valence-electron chi connectivity index (χ0n) is 15.4. The first kappa shape index (κ1) is 17.0. The van der Waals surface area contributed by atoms with E-state index in [1.807, 2.05) is 24.5 Å². The molecule has 2 aliphatic heterocycles. The summed E-state index contributed by atoms with van der Waals surface area (Å²) in [5.74, 6) is 1.26. The number of hydrogen-bond donors (Lipinski definition) is 1. The smallest absolute Gasteiger partial charge is 0.263 e. The van der Waals surface area contributed by atoms with Gasteiger partial charge in [0.25, 0.3) is 11.5 Å². The van der Waals surface area contributed by atoms with E-state index in [0.717, 1.165) is 36.5 Å². The van der Waals surface area contributed by atoms with Gasteiger partial charge >= 0.3 is 0 Å². The fraction of sp³-hybridized carbons (Fsp3) is 0.526. The van der Waals surface area contributed by atoms with Gasteiger partial charge in [0.2, 0.25) is 0 Å². The van der Waals surface area contributed by atoms with E-state index in [1.165, 1.54) is 0 Å². The molecule has 2 aromatic heterocycles. The first-order chi connectivity index (χ1) is 12.5. The van der Waals surface area contributed by atoms with Crippen LogP contribution < -0.4 is 10.9 Å². The van der Waals surface area contributed by atoms with Crippen LogP contribution in [-0.4, -0.2) is 40.7 Å². The number of amides is 1. The molecule has 26 heavy (non-hydrogen) atoms. The molecule has 138 valence electrons. The lowest BCUT2D eigenvalue weighted by molar-refractivity contribution is 0.0781. The molecule has 1 saturated heterocycles. The Bertz CT molecular complexity index is 894. The lowest BCUT2D eigenvalue weighted by Crippen LogP contribution is -2.46. The van der Waals surface area contributed by atoms with Gasteiger partial charge in [-0.2, -0.15) is 0 Å². The highest BCUT2D eigenvalue weighted by atomic mass is 16.5. The van der Waals surface area contributed by atoms with Crippen molar-refractivity contribution in [3.05, 3.63) is 50.8 Å². The molecule has 1 amide bonds. The van der Waals surface area contributed by atoms with Crippen molar-refractivity contribution in [2.45, 2.75) is 39.3 Å². The van der Waals surface area contributed by atoms with Gasteiger partial charge in [-0.1, -0.05) is 5.16 Å². The Morgan fingerprint density at radius 2 is 2.19 bits per heavy atom. The Morgan fingerprint density at radius 3 is 2.92 bits per heavy atom. The largest absolute Gasteiger partial charge is 0.361 e. The molecule has 0 saturated carbocycles. The first-order valence-corrected chi connectivity index (χ1v) is 9.07. The van der Waals surface area contributed by atoms with Crippen molar-refractivity contribution >= 4 is 5.91 Å². The van der Waals surface area contributed by atoms with Crippen molar-refractivity contribution in [1.29, 1.82) is 0 Å². The van der Waals surface area contributed by atoms with E-state index in [0.29, 0.717) is 30.7 Å². The van der Waals surface area contributed by atoms with Crippen molar-refractivity contribution in [1.82, 2.24) is 19.9 Å². The molecule has 7 heteroatoms. The van der Waals surface area contributed by atoms with E-state index in [-0.39, 0.29) is 17.0 Å². The summed E-state index contributed by atoms with van der Waals surface area (Å²) >= 11 is 0. The molecule has 0 unspecified atom stereocenters. The number of carbonyl (C=O) groups is 1. The summed E-state index contributed by atoms with van der Waals surface area (Å²) in [4.78, 5) is 27.4. The Labute approximate surface area is 152 Å². The highest BCUT2D eigenvalue weighted by molar-refractivity contribution is 5.93. The third kappa shape index (κ3) is 2.76. The van der Waals surface area contributed by atoms with Crippen LogP contribution in [0.25, 0.3) is 0 Å². The highest BCUT2D eigenvalue weighted by Crippen LogP contribution is 2.31. The van der Waals surface area contributed by atoms with Crippen LogP contribution in [0.3, 0.4) is 0 Å². The molecule has 1 N–H and O–H groups in total. The van der Waals surface area contributed by atoms with Crippen LogP contribution in [0.15, 0.2) is 21.5 Å². The molecule has 0 spiro atoms. The molecule has 1 fully saturated rings. The van der Waals surface area contributed by atoms with Crippen molar-refractivity contribution < 1.29 is 9.32 Å². The van der Waals surface area contributed by atoms with Gasteiger partial charge in [-0.25, -0.2) is 0 Å². The van der Waals surface area contributed by atoms with E-state index >= 15 is 0 Å². The van der Waals surface area contributed by atoms with Crippen molar-refractivity contribution in [3.8, 4) is 0 Å². The minimum absolute atomic E-state index is 0.172. The maximum atomic E-state index is 13.0. The highest BCUT2D eigenvalue weighted by Gasteiger charge is 2.32. The maximum absolute atomic E-state index is 13.0. The summed E-state index contributed by atoms with van der Waals surface area (Å²) < 4.78 is 6.98. The van der Waals surface area contributed by atoms with Crippen LogP contribution in [0.1, 0.15) is 45.4 Å². The van der Waals surface area contributed by atoms with Crippen molar-refractivity contribution in [3.63, 3.8) is 0 Å². The zero-order valence-corrected chi connectivity index (χ0v) is 15.4. The standard InChI is InChI=1S/C19H24N4O3/c1-11-16(12(2)26-21-11)10-22(3)18(24)15-4-5-17-14-6-13(7-20-8-14)9-23(17)19(15)25/h4-5,13-14,20H,6-10H2,1-3H3/t13-,14+/m0/s1. The topological polar surface area (TPSA) is 80.4 Å². The number of aryl methyl sites for hydroxylation is 2. The summed E-state index contributed by atoms with van der Waals surface area (Å²) in [5, 5.41) is 7.36. The minimum atomic E-state index is -0.265. The van der Waals surface area contributed by atoms with Crippen LogP contribution in [0.5, 0.6) is 0 Å². The van der Waals surface area contributed by atoms with Crippen LogP contribution in [0.4, 0.5) is 0 Å². The molecule has 2 bridgehead atoms. The van der Waals surface area contributed by atoms with E-state index < -0.39 is 0 Å². The molecular formula is C19H24N4O3. The lowest BCUT2D eigenvalue weighted by Gasteiger charge is -2.37. The van der Waals surface area contributed by atoms with Gasteiger partial charge in [0.15, 0.2) is 0 Å². The summed E-state index contributed by atoms with van der Waals surface area (Å²) in [6.45, 7) is 6.57. The first-order valence-electron chi connectivity index (χ1n) is 9.07. The number of rotatable bonds is 3. The minimum Gasteiger partial charge on any atom is -0.361 e. The second-order valence-electron chi connectivity index (χ2n) is 7.51. The lowest BCUT2D eigenvalue weighted by atomic mass is 9.84. The molecule has 4 heterocycles. The number of fused-ring (bicyclic) bond motifs is 4. The number of nitrogens with zero attached hydrogens (tertiary/aromatic N) is 3. The van der Waals surface area contributed by atoms with Gasteiger partial charge in [-0.15, -0.1) is 0 Å². The van der Waals surface area contributed by atoms with Gasteiger partial charge in [0.05, 0.1) is 12.2 Å². The quantitative estimate of drug-likeness (QED) is 0.900. The monoisotopic (exact) mass is 356 g/mol. The molecular weight excluding hydrogens is 332 g/mol. The van der Waals surface area contributed by atoms with E-state index in [9.17, 15) is 9.59 Å². The summed E-state index contributed by atoms with van der Waals surface area (Å²) in [6.07, 6.45) is 1.12. The second kappa shape index (κ2) is 6.39. The van der Waals surface area contributed by atoms with E-state index in [4.69, 9.17) is 4.52 Å². The maximum Gasteiger partial charge on any atom is 0.263 e. The van der Waals surface area contributed by atoms with Crippen molar-refractivity contribution in [2.24, 2.45) is 5.92 Å². The van der Waals surface area contributed by atoms with Crippen LogP contribution in [0.2, 0.25) is 0 Å². The number of carbonyl (C=O) groups excluding carboxylic acids is 1. The predicted molar refractivity (Wildman–Crippen MR) is 96.2 cm³/mol. The van der Waals surface area contributed by atoms with Gasteiger partial charge in [0.1, 0.15) is 11.3 Å². The van der Waals surface area contributed by atoms with Gasteiger partial charge in [0, 0.05) is 37.3 Å². The Kier molecular flexibility index (Phi) is 4.19. The average molecular weight is 356 g/mol. The molecule has 2 aliphatic rings. The third-order valence-electron chi connectivity index (χ3n) is 5.66. The molecule has 4 rings (SSSR count). The van der Waals surface area contributed by atoms with Crippen LogP contribution >= 0.6 is 0 Å². The zero-order chi connectivity index (χ0) is 18.4. The van der Waals surface area contributed by atoms with Gasteiger partial charge < -0.3 is 19.3 Å². The molecule has 2 aromatic rings. The number of aromatic nitrogens is 2. The molecule has 7 nitrogen and oxygen atoms in total. The molecule has 0 aliphatic carbocycles. The molecule has 0 radical (unpaired) electrons. The average Bonchev–Trinajstić information content (AvgIpc) is 2.94. The number of hydrogen-bond acceptors (Lipinski definition) is 5.